The number of ketones is 2. The lowest BCUT2D eigenvalue weighted by molar-refractivity contribution is -0.114. The van der Waals surface area contributed by atoms with E-state index in [1.54, 1.807) is 6.92 Å². The zero-order valence-electron chi connectivity index (χ0n) is 18.9. The Labute approximate surface area is 190 Å². The van der Waals surface area contributed by atoms with Crippen molar-refractivity contribution in [3.05, 3.63) is 70.3 Å². The third-order valence-electron chi connectivity index (χ3n) is 8.71. The third-order valence-corrected chi connectivity index (χ3v) is 8.71. The number of Topliss-reactive ketones (excluding diaryl/α,β-unsaturated/α-hetero) is 1. The van der Waals surface area contributed by atoms with E-state index >= 15 is 0 Å². The summed E-state index contributed by atoms with van der Waals surface area (Å²) in [7, 11) is 0. The zero-order chi connectivity index (χ0) is 22.7. The molecular weight excluding hydrogens is 396 g/mol. The normalized spacial score (nSPS) is 35.5. The molecule has 0 heterocycles. The lowest BCUT2D eigenvalue weighted by Crippen LogP contribution is -2.53. The van der Waals surface area contributed by atoms with Crippen molar-refractivity contribution in [1.82, 2.24) is 0 Å². The van der Waals surface area contributed by atoms with Crippen LogP contribution in [0.25, 0.3) is 0 Å². The number of terminal acetylenes is 1. The van der Waals surface area contributed by atoms with E-state index in [1.165, 1.54) is 16.7 Å². The van der Waals surface area contributed by atoms with Crippen LogP contribution in [0, 0.1) is 29.6 Å². The number of allylic oxidation sites excluding steroid dienone is 5. The first-order valence-electron chi connectivity index (χ1n) is 11.8. The summed E-state index contributed by atoms with van der Waals surface area (Å²) >= 11 is 0. The highest BCUT2D eigenvalue weighted by Gasteiger charge is 2.61. The second kappa shape index (κ2) is 7.42. The first kappa shape index (κ1) is 21.2. The first-order valence-corrected chi connectivity index (χ1v) is 11.8. The molecule has 0 spiro atoms. The number of carbonyl (C=O) groups excluding carboxylic acids is 2. The van der Waals surface area contributed by atoms with E-state index in [0.717, 1.165) is 37.7 Å². The van der Waals surface area contributed by atoms with Gasteiger partial charge in [0.2, 0.25) is 0 Å². The maximum Gasteiger partial charge on any atom is 0.159 e. The fourth-order valence-corrected chi connectivity index (χ4v) is 7.07. The Hall–Kier alpha value is -2.70. The molecule has 1 N–H and O–H groups in total. The fourth-order valence-electron chi connectivity index (χ4n) is 7.07. The summed E-state index contributed by atoms with van der Waals surface area (Å²) in [6, 6.07) is 7.96. The molecule has 0 radical (unpaired) electrons. The Balaban J connectivity index is 1.70. The second-order valence-electron chi connectivity index (χ2n) is 9.96. The molecular formula is C29H30O3. The number of hydrogen-bond acceptors (Lipinski definition) is 3. The van der Waals surface area contributed by atoms with E-state index in [1.807, 2.05) is 24.3 Å². The van der Waals surface area contributed by atoms with E-state index < -0.39 is 11.0 Å². The predicted octanol–water partition coefficient (Wildman–Crippen LogP) is 5.32. The average molecular weight is 427 g/mol. The number of carbonyl (C=O) groups is 2. The highest BCUT2D eigenvalue weighted by atomic mass is 16.3. The van der Waals surface area contributed by atoms with Gasteiger partial charge in [-0.25, -0.2) is 0 Å². The van der Waals surface area contributed by atoms with E-state index in [0.29, 0.717) is 17.9 Å². The molecule has 1 aromatic carbocycles. The van der Waals surface area contributed by atoms with Crippen LogP contribution < -0.4 is 0 Å². The lowest BCUT2D eigenvalue weighted by atomic mass is 9.49. The van der Waals surface area contributed by atoms with Crippen LogP contribution in [-0.4, -0.2) is 22.3 Å². The van der Waals surface area contributed by atoms with E-state index in [9.17, 15) is 14.7 Å². The molecule has 0 aliphatic heterocycles. The number of fused-ring (bicyclic) bond motifs is 4. The van der Waals surface area contributed by atoms with Gasteiger partial charge in [-0.05, 0) is 79.7 Å². The fraction of sp³-hybridized carbons (Fsp3) is 0.448. The Morgan fingerprint density at radius 3 is 2.62 bits per heavy atom. The SMILES string of the molecule is C#C[C@]1(O)C=C[C@H]2[C@@H]3CCC4=CC(=O)CCC4=C3[C@@H](c3ccc(C(C)=O)cc3)C[C@@]21CC. The number of rotatable bonds is 3. The van der Waals surface area contributed by atoms with Gasteiger partial charge >= 0.3 is 0 Å². The molecule has 0 bridgehead atoms. The molecule has 5 rings (SSSR count). The van der Waals surface area contributed by atoms with Gasteiger partial charge in [-0.2, -0.15) is 0 Å². The van der Waals surface area contributed by atoms with Crippen molar-refractivity contribution >= 4 is 11.6 Å². The Bertz CT molecular complexity index is 1130. The summed E-state index contributed by atoms with van der Waals surface area (Å²) < 4.78 is 0. The van der Waals surface area contributed by atoms with Crippen molar-refractivity contribution in [1.29, 1.82) is 0 Å². The van der Waals surface area contributed by atoms with Gasteiger partial charge in [0.05, 0.1) is 0 Å². The summed E-state index contributed by atoms with van der Waals surface area (Å²) in [4.78, 5) is 24.0. The smallest absolute Gasteiger partial charge is 0.159 e. The standard InChI is InChI=1S/C29H30O3/c1-4-28-17-25(20-8-6-19(7-9-20)18(3)30)27-23-13-11-22(31)16-21(23)10-12-24(27)26(28)14-15-29(28,32)5-2/h2,6-9,14-16,24-26,32H,4,10-13,17H2,1,3H3/t24-,25+,26-,28-,29-/m0/s1. The minimum absolute atomic E-state index is 0.0561. The Morgan fingerprint density at radius 1 is 1.22 bits per heavy atom. The summed E-state index contributed by atoms with van der Waals surface area (Å²) in [6.07, 6.45) is 16.6. The van der Waals surface area contributed by atoms with Crippen molar-refractivity contribution in [3.8, 4) is 12.3 Å². The summed E-state index contributed by atoms with van der Waals surface area (Å²) in [6.45, 7) is 3.73. The van der Waals surface area contributed by atoms with Gasteiger partial charge in [-0.1, -0.05) is 48.8 Å². The Morgan fingerprint density at radius 2 is 1.97 bits per heavy atom. The lowest BCUT2D eigenvalue weighted by Gasteiger charge is -2.55. The zero-order valence-corrected chi connectivity index (χ0v) is 18.9. The van der Waals surface area contributed by atoms with Crippen LogP contribution in [-0.2, 0) is 4.79 Å². The largest absolute Gasteiger partial charge is 0.373 e. The van der Waals surface area contributed by atoms with E-state index in [-0.39, 0.29) is 23.4 Å². The molecule has 1 fully saturated rings. The van der Waals surface area contributed by atoms with Crippen LogP contribution in [0.3, 0.4) is 0 Å². The molecule has 164 valence electrons. The molecule has 0 saturated heterocycles. The molecule has 0 amide bonds. The molecule has 1 aromatic rings. The number of hydrogen-bond donors (Lipinski definition) is 1. The molecule has 0 unspecified atom stereocenters. The van der Waals surface area contributed by atoms with Crippen LogP contribution in [0.5, 0.6) is 0 Å². The third kappa shape index (κ3) is 2.86. The van der Waals surface area contributed by atoms with E-state index in [4.69, 9.17) is 6.42 Å². The van der Waals surface area contributed by atoms with Crippen molar-refractivity contribution in [2.24, 2.45) is 17.3 Å². The second-order valence-corrected chi connectivity index (χ2v) is 9.96. The maximum atomic E-state index is 12.1. The van der Waals surface area contributed by atoms with Gasteiger partial charge in [0.1, 0.15) is 5.60 Å². The first-order chi connectivity index (χ1) is 15.3. The molecule has 32 heavy (non-hydrogen) atoms. The molecule has 4 aliphatic carbocycles. The van der Waals surface area contributed by atoms with Crippen LogP contribution >= 0.6 is 0 Å². The summed E-state index contributed by atoms with van der Waals surface area (Å²) in [5.74, 6) is 3.64. The van der Waals surface area contributed by atoms with Gasteiger partial charge in [-0.3, -0.25) is 9.59 Å². The van der Waals surface area contributed by atoms with Crippen molar-refractivity contribution < 1.29 is 14.7 Å². The quantitative estimate of drug-likeness (QED) is 0.404. The maximum absolute atomic E-state index is 12.1. The van der Waals surface area contributed by atoms with Crippen LogP contribution in [0.1, 0.15) is 74.2 Å². The Kier molecular flexibility index (Phi) is 4.91. The van der Waals surface area contributed by atoms with Crippen molar-refractivity contribution in [2.75, 3.05) is 0 Å². The van der Waals surface area contributed by atoms with Gasteiger partial charge in [0.25, 0.3) is 0 Å². The van der Waals surface area contributed by atoms with Crippen LogP contribution in [0.4, 0.5) is 0 Å². The molecule has 3 nitrogen and oxygen atoms in total. The molecule has 3 heteroatoms. The molecule has 5 atom stereocenters. The predicted molar refractivity (Wildman–Crippen MR) is 125 cm³/mol. The molecule has 1 saturated carbocycles. The van der Waals surface area contributed by atoms with Gasteiger partial charge in [-0.15, -0.1) is 6.42 Å². The van der Waals surface area contributed by atoms with Crippen LogP contribution in [0.15, 0.2) is 59.2 Å². The van der Waals surface area contributed by atoms with Crippen LogP contribution in [0.2, 0.25) is 0 Å². The van der Waals surface area contributed by atoms with E-state index in [2.05, 4.69) is 31.1 Å². The number of aliphatic hydroxyl groups is 1. The summed E-state index contributed by atoms with van der Waals surface area (Å²) in [5.41, 5.74) is 4.21. The van der Waals surface area contributed by atoms with Crippen molar-refractivity contribution in [3.63, 3.8) is 0 Å². The summed E-state index contributed by atoms with van der Waals surface area (Å²) in [5, 5.41) is 11.5. The van der Waals surface area contributed by atoms with Gasteiger partial charge in [0.15, 0.2) is 11.6 Å². The number of benzene rings is 1. The highest BCUT2D eigenvalue weighted by molar-refractivity contribution is 5.94. The topological polar surface area (TPSA) is 54.4 Å². The molecule has 0 aromatic heterocycles. The van der Waals surface area contributed by atoms with Gasteiger partial charge < -0.3 is 5.11 Å². The minimum atomic E-state index is -1.25. The average Bonchev–Trinajstić information content (AvgIpc) is 3.11. The van der Waals surface area contributed by atoms with Gasteiger partial charge in [0, 0.05) is 23.3 Å². The minimum Gasteiger partial charge on any atom is -0.373 e. The monoisotopic (exact) mass is 426 g/mol. The molecule has 4 aliphatic rings. The van der Waals surface area contributed by atoms with Crippen molar-refractivity contribution in [2.45, 2.75) is 63.9 Å². The highest BCUT2D eigenvalue weighted by Crippen LogP contribution is 2.65.